The molecule has 22 heavy (non-hydrogen) atoms. The lowest BCUT2D eigenvalue weighted by Crippen LogP contribution is -2.05. The number of benzene rings is 2. The van der Waals surface area contributed by atoms with Crippen molar-refractivity contribution in [2.45, 2.75) is 6.42 Å². The Morgan fingerprint density at radius 3 is 2.64 bits per heavy atom. The molecule has 5 heteroatoms. The van der Waals surface area contributed by atoms with Gasteiger partial charge in [0.2, 0.25) is 0 Å². The highest BCUT2D eigenvalue weighted by Gasteiger charge is 2.13. The molecule has 110 valence electrons. The van der Waals surface area contributed by atoms with Gasteiger partial charge in [-0.25, -0.2) is 0 Å². The largest absolute Gasteiger partial charge is 0.384 e. The van der Waals surface area contributed by atoms with Crippen molar-refractivity contribution in [1.29, 1.82) is 0 Å². The van der Waals surface area contributed by atoms with Crippen molar-refractivity contribution in [2.75, 3.05) is 11.9 Å². The minimum absolute atomic E-state index is 0.0803. The van der Waals surface area contributed by atoms with Crippen LogP contribution in [-0.2, 0) is 6.42 Å². The Labute approximate surface area is 127 Å². The summed E-state index contributed by atoms with van der Waals surface area (Å²) in [5.74, 6) is 0. The lowest BCUT2D eigenvalue weighted by atomic mass is 10.1. The standard InChI is InChI=1S/C17H15N3O2/c21-20(22)17-7-6-16(14-9-10-18-12-15(14)17)19-11-8-13-4-2-1-3-5-13/h1-7,9-10,12,19H,8,11H2. The van der Waals surface area contributed by atoms with Crippen LogP contribution < -0.4 is 5.32 Å². The number of aromatic nitrogens is 1. The summed E-state index contributed by atoms with van der Waals surface area (Å²) in [6.45, 7) is 0.763. The smallest absolute Gasteiger partial charge is 0.278 e. The van der Waals surface area contributed by atoms with Crippen molar-refractivity contribution in [1.82, 2.24) is 4.98 Å². The molecule has 0 spiro atoms. The average molecular weight is 293 g/mol. The van der Waals surface area contributed by atoms with Gasteiger partial charge in [-0.1, -0.05) is 30.3 Å². The molecular formula is C17H15N3O2. The van der Waals surface area contributed by atoms with Gasteiger partial charge in [0.25, 0.3) is 5.69 Å². The number of rotatable bonds is 5. The van der Waals surface area contributed by atoms with E-state index >= 15 is 0 Å². The van der Waals surface area contributed by atoms with Crippen LogP contribution in [0.15, 0.2) is 60.9 Å². The highest BCUT2D eigenvalue weighted by atomic mass is 16.6. The molecule has 3 rings (SSSR count). The van der Waals surface area contributed by atoms with Gasteiger partial charge in [-0.05, 0) is 24.1 Å². The maximum absolute atomic E-state index is 11.1. The number of anilines is 1. The first kappa shape index (κ1) is 14.0. The molecule has 0 atom stereocenters. The molecule has 0 radical (unpaired) electrons. The first-order valence-corrected chi connectivity index (χ1v) is 7.04. The summed E-state index contributed by atoms with van der Waals surface area (Å²) in [5.41, 5.74) is 2.22. The van der Waals surface area contributed by atoms with E-state index in [2.05, 4.69) is 22.4 Å². The maximum Gasteiger partial charge on any atom is 0.278 e. The maximum atomic E-state index is 11.1. The summed E-state index contributed by atoms with van der Waals surface area (Å²) >= 11 is 0. The van der Waals surface area contributed by atoms with E-state index in [-0.39, 0.29) is 10.6 Å². The zero-order chi connectivity index (χ0) is 15.4. The van der Waals surface area contributed by atoms with E-state index in [0.29, 0.717) is 5.39 Å². The Morgan fingerprint density at radius 2 is 1.86 bits per heavy atom. The second-order valence-electron chi connectivity index (χ2n) is 4.97. The van der Waals surface area contributed by atoms with Gasteiger partial charge in [0.05, 0.1) is 10.3 Å². The fraction of sp³-hybridized carbons (Fsp3) is 0.118. The lowest BCUT2D eigenvalue weighted by molar-refractivity contribution is -0.383. The van der Waals surface area contributed by atoms with Gasteiger partial charge in [0, 0.05) is 36.1 Å². The number of non-ortho nitro benzene ring substituents is 1. The molecule has 3 aromatic rings. The Balaban J connectivity index is 1.82. The molecule has 0 saturated carbocycles. The van der Waals surface area contributed by atoms with E-state index in [1.165, 1.54) is 17.8 Å². The number of hydrogen-bond acceptors (Lipinski definition) is 4. The number of nitrogens with zero attached hydrogens (tertiary/aromatic N) is 2. The summed E-state index contributed by atoms with van der Waals surface area (Å²) < 4.78 is 0. The highest BCUT2D eigenvalue weighted by Crippen LogP contribution is 2.30. The number of nitro groups is 1. The topological polar surface area (TPSA) is 68.1 Å². The van der Waals surface area contributed by atoms with E-state index < -0.39 is 0 Å². The molecule has 2 aromatic carbocycles. The number of fused-ring (bicyclic) bond motifs is 1. The molecular weight excluding hydrogens is 278 g/mol. The summed E-state index contributed by atoms with van der Waals surface area (Å²) in [7, 11) is 0. The van der Waals surface area contributed by atoms with Crippen molar-refractivity contribution < 1.29 is 4.92 Å². The molecule has 1 aromatic heterocycles. The van der Waals surface area contributed by atoms with Crippen LogP contribution >= 0.6 is 0 Å². The van der Waals surface area contributed by atoms with Gasteiger partial charge in [0.1, 0.15) is 0 Å². The minimum Gasteiger partial charge on any atom is -0.384 e. The molecule has 1 heterocycles. The minimum atomic E-state index is -0.377. The predicted molar refractivity (Wildman–Crippen MR) is 87.0 cm³/mol. The van der Waals surface area contributed by atoms with Crippen molar-refractivity contribution in [3.63, 3.8) is 0 Å². The molecule has 0 saturated heterocycles. The lowest BCUT2D eigenvalue weighted by Gasteiger charge is -2.10. The van der Waals surface area contributed by atoms with Crippen molar-refractivity contribution >= 4 is 22.1 Å². The van der Waals surface area contributed by atoms with Gasteiger partial charge in [-0.3, -0.25) is 15.1 Å². The fourth-order valence-electron chi connectivity index (χ4n) is 2.47. The quantitative estimate of drug-likeness (QED) is 0.574. The highest BCUT2D eigenvalue weighted by molar-refractivity contribution is 5.99. The van der Waals surface area contributed by atoms with Gasteiger partial charge in [-0.15, -0.1) is 0 Å². The van der Waals surface area contributed by atoms with Crippen LogP contribution in [0.1, 0.15) is 5.56 Å². The third-order valence-corrected chi connectivity index (χ3v) is 3.56. The fourth-order valence-corrected chi connectivity index (χ4v) is 2.47. The predicted octanol–water partition coefficient (Wildman–Crippen LogP) is 3.80. The first-order valence-electron chi connectivity index (χ1n) is 7.04. The Hall–Kier alpha value is -2.95. The van der Waals surface area contributed by atoms with Crippen LogP contribution in [0.3, 0.4) is 0 Å². The zero-order valence-corrected chi connectivity index (χ0v) is 11.9. The average Bonchev–Trinajstić information content (AvgIpc) is 2.55. The molecule has 1 N–H and O–H groups in total. The zero-order valence-electron chi connectivity index (χ0n) is 11.9. The van der Waals surface area contributed by atoms with E-state index in [0.717, 1.165) is 24.0 Å². The molecule has 0 fully saturated rings. The third-order valence-electron chi connectivity index (χ3n) is 3.56. The van der Waals surface area contributed by atoms with Gasteiger partial charge in [0.15, 0.2) is 0 Å². The van der Waals surface area contributed by atoms with Crippen LogP contribution in [0.25, 0.3) is 10.8 Å². The van der Waals surface area contributed by atoms with E-state index in [1.807, 2.05) is 18.2 Å². The van der Waals surface area contributed by atoms with Crippen LogP contribution in [0.2, 0.25) is 0 Å². The Kier molecular flexibility index (Phi) is 3.96. The molecule has 0 amide bonds. The van der Waals surface area contributed by atoms with Crippen molar-refractivity contribution in [3.8, 4) is 0 Å². The summed E-state index contributed by atoms with van der Waals surface area (Å²) in [5, 5.41) is 15.8. The monoisotopic (exact) mass is 293 g/mol. The summed E-state index contributed by atoms with van der Waals surface area (Å²) in [6.07, 6.45) is 4.08. The molecule has 0 aliphatic carbocycles. The molecule has 0 bridgehead atoms. The van der Waals surface area contributed by atoms with E-state index in [4.69, 9.17) is 0 Å². The Bertz CT molecular complexity index is 803. The number of hydrogen-bond donors (Lipinski definition) is 1. The van der Waals surface area contributed by atoms with Crippen LogP contribution in [0, 0.1) is 10.1 Å². The van der Waals surface area contributed by atoms with Crippen LogP contribution in [0.4, 0.5) is 11.4 Å². The SMILES string of the molecule is O=[N+]([O-])c1ccc(NCCc2ccccc2)c2ccncc12. The second-order valence-corrected chi connectivity index (χ2v) is 4.97. The number of nitrogens with one attached hydrogen (secondary N) is 1. The third kappa shape index (κ3) is 2.88. The van der Waals surface area contributed by atoms with Crippen molar-refractivity contribution in [3.05, 3.63) is 76.6 Å². The summed E-state index contributed by atoms with van der Waals surface area (Å²) in [4.78, 5) is 14.7. The number of nitro benzene ring substituents is 1. The molecule has 0 unspecified atom stereocenters. The van der Waals surface area contributed by atoms with Gasteiger partial charge >= 0.3 is 0 Å². The van der Waals surface area contributed by atoms with Gasteiger partial charge in [-0.2, -0.15) is 0 Å². The molecule has 5 nitrogen and oxygen atoms in total. The normalized spacial score (nSPS) is 10.5. The Morgan fingerprint density at radius 1 is 1.05 bits per heavy atom. The van der Waals surface area contributed by atoms with E-state index in [1.54, 1.807) is 18.3 Å². The van der Waals surface area contributed by atoms with Crippen LogP contribution in [-0.4, -0.2) is 16.5 Å². The van der Waals surface area contributed by atoms with Crippen molar-refractivity contribution in [2.24, 2.45) is 0 Å². The second kappa shape index (κ2) is 6.22. The summed E-state index contributed by atoms with van der Waals surface area (Å²) in [6, 6.07) is 15.3. The molecule has 0 aliphatic rings. The molecule has 0 aliphatic heterocycles. The van der Waals surface area contributed by atoms with E-state index in [9.17, 15) is 10.1 Å². The first-order chi connectivity index (χ1) is 10.8. The van der Waals surface area contributed by atoms with Gasteiger partial charge < -0.3 is 5.32 Å². The number of pyridine rings is 1. The van der Waals surface area contributed by atoms with Crippen LogP contribution in [0.5, 0.6) is 0 Å².